The fourth-order valence-corrected chi connectivity index (χ4v) is 4.74. The molecule has 0 aliphatic carbocycles. The van der Waals surface area contributed by atoms with Gasteiger partial charge in [-0.3, -0.25) is 9.88 Å². The SMILES string of the molecule is c1ccc2ncc(CN3CCC[C@H]3c3nc(-c4ccnc(N5CCOCC5)c4)no3)cc2c1. The zero-order chi connectivity index (χ0) is 22.0. The molecule has 4 aromatic rings. The van der Waals surface area contributed by atoms with Gasteiger partial charge in [0.2, 0.25) is 11.7 Å². The van der Waals surface area contributed by atoms with E-state index in [1.54, 1.807) is 0 Å². The number of nitrogens with zero attached hydrogens (tertiary/aromatic N) is 6. The van der Waals surface area contributed by atoms with E-state index in [4.69, 9.17) is 14.2 Å². The molecule has 5 heterocycles. The second kappa shape index (κ2) is 8.88. The number of hydrogen-bond donors (Lipinski definition) is 0. The highest BCUT2D eigenvalue weighted by Crippen LogP contribution is 2.33. The molecule has 33 heavy (non-hydrogen) atoms. The van der Waals surface area contributed by atoms with E-state index in [0.717, 1.165) is 69.1 Å². The Bertz CT molecular complexity index is 1250. The van der Waals surface area contributed by atoms with Crippen molar-refractivity contribution in [3.8, 4) is 11.4 Å². The van der Waals surface area contributed by atoms with Gasteiger partial charge in [0, 0.05) is 43.0 Å². The van der Waals surface area contributed by atoms with E-state index in [1.165, 1.54) is 10.9 Å². The Hall–Kier alpha value is -3.36. The number of para-hydroxylation sites is 1. The van der Waals surface area contributed by atoms with Crippen LogP contribution in [-0.2, 0) is 11.3 Å². The fourth-order valence-electron chi connectivity index (χ4n) is 4.74. The lowest BCUT2D eigenvalue weighted by Crippen LogP contribution is -2.36. The smallest absolute Gasteiger partial charge is 0.244 e. The van der Waals surface area contributed by atoms with E-state index in [2.05, 4.69) is 43.1 Å². The van der Waals surface area contributed by atoms with Gasteiger partial charge in [0.15, 0.2) is 0 Å². The third-order valence-electron chi connectivity index (χ3n) is 6.46. The Morgan fingerprint density at radius 2 is 1.91 bits per heavy atom. The molecule has 2 fully saturated rings. The van der Waals surface area contributed by atoms with Crippen LogP contribution in [0, 0.1) is 0 Å². The zero-order valence-corrected chi connectivity index (χ0v) is 18.4. The van der Waals surface area contributed by atoms with Crippen molar-refractivity contribution in [3.63, 3.8) is 0 Å². The molecule has 2 saturated heterocycles. The Labute approximate surface area is 192 Å². The molecule has 0 radical (unpaired) electrons. The molecule has 0 unspecified atom stereocenters. The molecule has 6 rings (SSSR count). The summed E-state index contributed by atoms with van der Waals surface area (Å²) in [5.41, 5.74) is 3.14. The minimum Gasteiger partial charge on any atom is -0.378 e. The minimum atomic E-state index is 0.123. The highest BCUT2D eigenvalue weighted by molar-refractivity contribution is 5.78. The van der Waals surface area contributed by atoms with E-state index in [9.17, 15) is 0 Å². The zero-order valence-electron chi connectivity index (χ0n) is 18.4. The molecule has 0 spiro atoms. The Morgan fingerprint density at radius 3 is 2.85 bits per heavy atom. The number of rotatable bonds is 5. The molecule has 0 bridgehead atoms. The maximum Gasteiger partial charge on any atom is 0.244 e. The highest BCUT2D eigenvalue weighted by atomic mass is 16.5. The second-order valence-corrected chi connectivity index (χ2v) is 8.62. The highest BCUT2D eigenvalue weighted by Gasteiger charge is 2.31. The molecule has 0 amide bonds. The average molecular weight is 443 g/mol. The summed E-state index contributed by atoms with van der Waals surface area (Å²) in [5.74, 6) is 2.22. The van der Waals surface area contributed by atoms with Gasteiger partial charge in [0.1, 0.15) is 5.82 Å². The van der Waals surface area contributed by atoms with Crippen LogP contribution in [0.5, 0.6) is 0 Å². The van der Waals surface area contributed by atoms with Crippen molar-refractivity contribution in [1.82, 2.24) is 25.0 Å². The Balaban J connectivity index is 1.20. The summed E-state index contributed by atoms with van der Waals surface area (Å²) < 4.78 is 11.2. The van der Waals surface area contributed by atoms with Crippen molar-refractivity contribution in [1.29, 1.82) is 0 Å². The van der Waals surface area contributed by atoms with Gasteiger partial charge < -0.3 is 14.2 Å². The van der Waals surface area contributed by atoms with Crippen LogP contribution >= 0.6 is 0 Å². The lowest BCUT2D eigenvalue weighted by Gasteiger charge is -2.27. The number of benzene rings is 1. The van der Waals surface area contributed by atoms with Gasteiger partial charge >= 0.3 is 0 Å². The van der Waals surface area contributed by atoms with E-state index < -0.39 is 0 Å². The molecule has 8 nitrogen and oxygen atoms in total. The van der Waals surface area contributed by atoms with E-state index >= 15 is 0 Å². The van der Waals surface area contributed by atoms with E-state index in [-0.39, 0.29) is 6.04 Å². The van der Waals surface area contributed by atoms with Gasteiger partial charge in [-0.1, -0.05) is 23.4 Å². The van der Waals surface area contributed by atoms with Crippen LogP contribution in [0.2, 0.25) is 0 Å². The maximum atomic E-state index is 5.75. The molecule has 0 N–H and O–H groups in total. The molecular formula is C25H26N6O2. The van der Waals surface area contributed by atoms with Gasteiger partial charge in [-0.05, 0) is 49.2 Å². The number of ether oxygens (including phenoxy) is 1. The molecular weight excluding hydrogens is 416 g/mol. The number of pyridine rings is 2. The number of fused-ring (bicyclic) bond motifs is 1. The summed E-state index contributed by atoms with van der Waals surface area (Å²) in [6.07, 6.45) is 5.91. The molecule has 1 aromatic carbocycles. The van der Waals surface area contributed by atoms with Crippen molar-refractivity contribution >= 4 is 16.7 Å². The van der Waals surface area contributed by atoms with Crippen molar-refractivity contribution in [3.05, 3.63) is 66.3 Å². The normalized spacial score (nSPS) is 19.4. The summed E-state index contributed by atoms with van der Waals surface area (Å²) in [7, 11) is 0. The molecule has 1 atom stereocenters. The predicted octanol–water partition coefficient (Wildman–Crippen LogP) is 3.85. The third kappa shape index (κ3) is 4.19. The van der Waals surface area contributed by atoms with Crippen molar-refractivity contribution in [2.75, 3.05) is 37.7 Å². The summed E-state index contributed by atoms with van der Waals surface area (Å²) in [6.45, 7) is 4.95. The van der Waals surface area contributed by atoms with Gasteiger partial charge in [-0.25, -0.2) is 4.98 Å². The predicted molar refractivity (Wildman–Crippen MR) is 125 cm³/mol. The fraction of sp³-hybridized carbons (Fsp3) is 0.360. The maximum absolute atomic E-state index is 5.75. The van der Waals surface area contributed by atoms with Crippen LogP contribution in [0.3, 0.4) is 0 Å². The standard InChI is InChI=1S/C25H26N6O2/c1-2-5-21-19(4-1)14-18(16-27-21)17-31-9-3-6-22(31)25-28-24(29-33-25)20-7-8-26-23(15-20)30-10-12-32-13-11-30/h1-2,4-5,7-8,14-16,22H,3,6,9-13,17H2/t22-/m0/s1. The summed E-state index contributed by atoms with van der Waals surface area (Å²) in [5, 5.41) is 5.47. The van der Waals surface area contributed by atoms with Gasteiger partial charge in [-0.15, -0.1) is 0 Å². The van der Waals surface area contributed by atoms with Crippen LogP contribution in [-0.4, -0.2) is 57.9 Å². The number of aromatic nitrogens is 4. The molecule has 3 aromatic heterocycles. The van der Waals surface area contributed by atoms with Crippen LogP contribution in [0.15, 0.2) is 59.4 Å². The number of hydrogen-bond acceptors (Lipinski definition) is 8. The Morgan fingerprint density at radius 1 is 1.00 bits per heavy atom. The summed E-state index contributed by atoms with van der Waals surface area (Å²) >= 11 is 0. The summed E-state index contributed by atoms with van der Waals surface area (Å²) in [4.78, 5) is 18.6. The first kappa shape index (κ1) is 20.3. The molecule has 0 saturated carbocycles. The molecule has 8 heteroatoms. The van der Waals surface area contributed by atoms with Crippen molar-refractivity contribution in [2.45, 2.75) is 25.4 Å². The summed E-state index contributed by atoms with van der Waals surface area (Å²) in [6, 6.07) is 14.5. The van der Waals surface area contributed by atoms with E-state index in [1.807, 2.05) is 36.7 Å². The van der Waals surface area contributed by atoms with Gasteiger partial charge in [0.25, 0.3) is 0 Å². The van der Waals surface area contributed by atoms with Crippen LogP contribution in [0.4, 0.5) is 5.82 Å². The first-order valence-electron chi connectivity index (χ1n) is 11.5. The first-order valence-corrected chi connectivity index (χ1v) is 11.5. The Kier molecular flexibility index (Phi) is 5.45. The molecule has 168 valence electrons. The van der Waals surface area contributed by atoms with Crippen molar-refractivity contribution < 1.29 is 9.26 Å². The lowest BCUT2D eigenvalue weighted by molar-refractivity contribution is 0.122. The third-order valence-corrected chi connectivity index (χ3v) is 6.46. The minimum absolute atomic E-state index is 0.123. The second-order valence-electron chi connectivity index (χ2n) is 8.62. The van der Waals surface area contributed by atoms with E-state index in [0.29, 0.717) is 11.7 Å². The number of anilines is 1. The lowest BCUT2D eigenvalue weighted by atomic mass is 10.1. The largest absolute Gasteiger partial charge is 0.378 e. The van der Waals surface area contributed by atoms with Crippen LogP contribution in [0.25, 0.3) is 22.3 Å². The number of likely N-dealkylation sites (tertiary alicyclic amines) is 1. The van der Waals surface area contributed by atoms with Gasteiger partial charge in [0.05, 0.1) is 24.8 Å². The molecule has 2 aliphatic rings. The first-order chi connectivity index (χ1) is 16.3. The van der Waals surface area contributed by atoms with Gasteiger partial charge in [-0.2, -0.15) is 4.98 Å². The van der Waals surface area contributed by atoms with Crippen LogP contribution < -0.4 is 4.90 Å². The van der Waals surface area contributed by atoms with Crippen LogP contribution in [0.1, 0.15) is 30.3 Å². The quantitative estimate of drug-likeness (QED) is 0.461. The monoisotopic (exact) mass is 442 g/mol. The topological polar surface area (TPSA) is 80.4 Å². The number of morpholine rings is 1. The molecule has 2 aliphatic heterocycles. The van der Waals surface area contributed by atoms with Crippen molar-refractivity contribution in [2.24, 2.45) is 0 Å². The average Bonchev–Trinajstić information content (AvgIpc) is 3.54.